The first-order valence-electron chi connectivity index (χ1n) is 23.0. The zero-order chi connectivity index (χ0) is 43.1. The Hall–Kier alpha value is -8.52. The van der Waals surface area contributed by atoms with Gasteiger partial charge in [0.1, 0.15) is 11.2 Å². The minimum atomic E-state index is -0.480. The number of hydrogen-bond acceptors (Lipinski definition) is 1. The van der Waals surface area contributed by atoms with Crippen molar-refractivity contribution in [1.29, 1.82) is 0 Å². The summed E-state index contributed by atoms with van der Waals surface area (Å²) in [5.74, 6) is 0. The maximum absolute atomic E-state index is 6.28. The minimum Gasteiger partial charge on any atom is -0.456 e. The third-order valence-corrected chi connectivity index (χ3v) is 15.0. The van der Waals surface area contributed by atoms with E-state index < -0.39 is 5.41 Å². The second kappa shape index (κ2) is 13.3. The summed E-state index contributed by atoms with van der Waals surface area (Å²) in [5.41, 5.74) is 19.4. The SMILES string of the molecule is c1cc(-c2cc3c(c4ccccc24)-c2cc4ccccc4cc2C32c3ccccc3-c3ccccc32)cc(-c2c3ccccc3c(-c3ccc4oc5ccccc5c4c3)c3ccccc23)c1. The lowest BCUT2D eigenvalue weighted by Crippen LogP contribution is -2.26. The number of para-hydroxylation sites is 1. The normalized spacial score (nSPS) is 13.3. The van der Waals surface area contributed by atoms with Crippen LogP contribution in [-0.4, -0.2) is 0 Å². The highest BCUT2D eigenvalue weighted by atomic mass is 16.3. The van der Waals surface area contributed by atoms with Gasteiger partial charge in [0.15, 0.2) is 0 Å². The topological polar surface area (TPSA) is 13.1 Å². The largest absolute Gasteiger partial charge is 0.456 e. The average Bonchev–Trinajstić information content (AvgIpc) is 4.00. The molecule has 2 aliphatic rings. The Morgan fingerprint density at radius 1 is 0.242 bits per heavy atom. The second-order valence-electron chi connectivity index (χ2n) is 18.2. The van der Waals surface area contributed by atoms with Gasteiger partial charge in [0, 0.05) is 10.8 Å². The monoisotopic (exact) mass is 834 g/mol. The number of rotatable bonds is 3. The summed E-state index contributed by atoms with van der Waals surface area (Å²) in [6.07, 6.45) is 0. The summed E-state index contributed by atoms with van der Waals surface area (Å²) in [4.78, 5) is 0. The van der Waals surface area contributed by atoms with Crippen LogP contribution < -0.4 is 0 Å². The quantitative estimate of drug-likeness (QED) is 0.162. The number of furan rings is 1. The summed E-state index contributed by atoms with van der Waals surface area (Å²) >= 11 is 0. The molecule has 12 aromatic carbocycles. The lowest BCUT2D eigenvalue weighted by Gasteiger charge is -2.31. The van der Waals surface area contributed by atoms with Gasteiger partial charge in [-0.25, -0.2) is 0 Å². The molecule has 0 radical (unpaired) electrons. The Labute approximate surface area is 381 Å². The maximum Gasteiger partial charge on any atom is 0.135 e. The van der Waals surface area contributed by atoms with Crippen molar-refractivity contribution in [3.63, 3.8) is 0 Å². The Morgan fingerprint density at radius 2 is 0.742 bits per heavy atom. The molecule has 0 atom stereocenters. The third kappa shape index (κ3) is 4.68. The predicted octanol–water partition coefficient (Wildman–Crippen LogP) is 17.5. The fourth-order valence-electron chi connectivity index (χ4n) is 12.4. The zero-order valence-electron chi connectivity index (χ0n) is 35.8. The first kappa shape index (κ1) is 35.9. The van der Waals surface area contributed by atoms with Gasteiger partial charge in [0.2, 0.25) is 0 Å². The van der Waals surface area contributed by atoms with Crippen LogP contribution in [0.15, 0.2) is 235 Å². The zero-order valence-corrected chi connectivity index (χ0v) is 35.8. The van der Waals surface area contributed by atoms with E-state index in [0.29, 0.717) is 0 Å². The van der Waals surface area contributed by atoms with Gasteiger partial charge in [-0.1, -0.05) is 188 Å². The second-order valence-corrected chi connectivity index (χ2v) is 18.2. The van der Waals surface area contributed by atoms with Crippen molar-refractivity contribution in [3.8, 4) is 55.6 Å². The first-order valence-corrected chi connectivity index (χ1v) is 23.0. The van der Waals surface area contributed by atoms with Crippen LogP contribution in [0.2, 0.25) is 0 Å². The molecular formula is C65H38O. The van der Waals surface area contributed by atoms with Crippen LogP contribution in [0.25, 0.3) is 121 Å². The van der Waals surface area contributed by atoms with Crippen LogP contribution in [0.5, 0.6) is 0 Å². The van der Waals surface area contributed by atoms with Crippen molar-refractivity contribution in [2.75, 3.05) is 0 Å². The highest BCUT2D eigenvalue weighted by molar-refractivity contribution is 6.22. The fourth-order valence-corrected chi connectivity index (χ4v) is 12.4. The fraction of sp³-hybridized carbons (Fsp3) is 0.0154. The van der Waals surface area contributed by atoms with Gasteiger partial charge in [0.25, 0.3) is 0 Å². The highest BCUT2D eigenvalue weighted by Crippen LogP contribution is 2.65. The Kier molecular flexibility index (Phi) is 7.21. The maximum atomic E-state index is 6.28. The molecule has 0 N–H and O–H groups in total. The van der Waals surface area contributed by atoms with Crippen molar-refractivity contribution in [3.05, 3.63) is 253 Å². The van der Waals surface area contributed by atoms with Gasteiger partial charge in [-0.15, -0.1) is 0 Å². The van der Waals surface area contributed by atoms with E-state index in [2.05, 4.69) is 224 Å². The van der Waals surface area contributed by atoms with Crippen LogP contribution in [0.1, 0.15) is 22.3 Å². The molecule has 304 valence electrons. The van der Waals surface area contributed by atoms with E-state index in [1.165, 1.54) is 121 Å². The third-order valence-electron chi connectivity index (χ3n) is 15.0. The van der Waals surface area contributed by atoms with Crippen molar-refractivity contribution < 1.29 is 4.42 Å². The van der Waals surface area contributed by atoms with E-state index in [1.54, 1.807) is 0 Å². The van der Waals surface area contributed by atoms with Crippen LogP contribution in [0.3, 0.4) is 0 Å². The van der Waals surface area contributed by atoms with E-state index in [9.17, 15) is 0 Å². The average molecular weight is 835 g/mol. The minimum absolute atomic E-state index is 0.480. The Morgan fingerprint density at radius 3 is 1.41 bits per heavy atom. The summed E-state index contributed by atoms with van der Waals surface area (Å²) in [5, 5.41) is 12.3. The van der Waals surface area contributed by atoms with Gasteiger partial charge in [0.05, 0.1) is 5.41 Å². The molecule has 0 amide bonds. The highest BCUT2D eigenvalue weighted by Gasteiger charge is 2.52. The lowest BCUT2D eigenvalue weighted by molar-refractivity contribution is 0.669. The van der Waals surface area contributed by atoms with Crippen LogP contribution >= 0.6 is 0 Å². The Bertz CT molecular complexity index is 4140. The van der Waals surface area contributed by atoms with Gasteiger partial charge in [-0.3, -0.25) is 0 Å². The lowest BCUT2D eigenvalue weighted by atomic mass is 9.69. The van der Waals surface area contributed by atoms with Crippen molar-refractivity contribution in [2.45, 2.75) is 5.41 Å². The molecule has 0 fully saturated rings. The van der Waals surface area contributed by atoms with Gasteiger partial charge < -0.3 is 4.42 Å². The van der Waals surface area contributed by atoms with Gasteiger partial charge in [-0.2, -0.15) is 0 Å². The molecule has 1 aromatic heterocycles. The molecule has 1 heteroatoms. The van der Waals surface area contributed by atoms with E-state index in [0.717, 1.165) is 21.9 Å². The Balaban J connectivity index is 0.995. The summed E-state index contributed by atoms with van der Waals surface area (Å²) in [7, 11) is 0. The molecular weight excluding hydrogens is 797 g/mol. The van der Waals surface area contributed by atoms with Crippen molar-refractivity contribution >= 4 is 65.0 Å². The van der Waals surface area contributed by atoms with E-state index in [1.807, 2.05) is 6.07 Å². The number of fused-ring (bicyclic) bond motifs is 18. The number of hydrogen-bond donors (Lipinski definition) is 0. The molecule has 0 bridgehead atoms. The molecule has 1 heterocycles. The predicted molar refractivity (Wildman–Crippen MR) is 276 cm³/mol. The molecule has 0 saturated carbocycles. The summed E-state index contributed by atoms with van der Waals surface area (Å²) in [6, 6.07) is 86.1. The molecule has 2 aliphatic carbocycles. The standard InChI is InChI=1S/C65H38O/c1-2-17-40-37-58-55(35-39(40)16-1)64-48-24-4-3-20-44(48)53(38-59(64)65(58)56-29-12-9-21-45(56)46-22-10-13-30-57(46)65)41-18-15-19-42(34-41)62-49-25-5-7-27-51(49)63(52-28-8-6-26-50(52)62)43-32-33-61-54(36-43)47-23-11-14-31-60(47)66-61/h1-38H. The summed E-state index contributed by atoms with van der Waals surface area (Å²) in [6.45, 7) is 0. The molecule has 0 unspecified atom stereocenters. The van der Waals surface area contributed by atoms with Gasteiger partial charge in [-0.05, 0) is 163 Å². The molecule has 1 spiro atoms. The molecule has 66 heavy (non-hydrogen) atoms. The smallest absolute Gasteiger partial charge is 0.135 e. The van der Waals surface area contributed by atoms with E-state index >= 15 is 0 Å². The molecule has 0 aliphatic heterocycles. The van der Waals surface area contributed by atoms with Crippen molar-refractivity contribution in [2.24, 2.45) is 0 Å². The van der Waals surface area contributed by atoms with Crippen LogP contribution in [0, 0.1) is 0 Å². The first-order chi connectivity index (χ1) is 32.7. The molecule has 15 rings (SSSR count). The summed E-state index contributed by atoms with van der Waals surface area (Å²) < 4.78 is 6.28. The van der Waals surface area contributed by atoms with E-state index in [-0.39, 0.29) is 0 Å². The van der Waals surface area contributed by atoms with Crippen LogP contribution in [0.4, 0.5) is 0 Å². The van der Waals surface area contributed by atoms with E-state index in [4.69, 9.17) is 4.42 Å². The molecule has 13 aromatic rings. The molecule has 1 nitrogen and oxygen atoms in total. The molecule has 0 saturated heterocycles. The van der Waals surface area contributed by atoms with Crippen molar-refractivity contribution in [1.82, 2.24) is 0 Å². The van der Waals surface area contributed by atoms with Crippen LogP contribution in [-0.2, 0) is 5.41 Å². The number of benzene rings is 12. The van der Waals surface area contributed by atoms with Gasteiger partial charge >= 0.3 is 0 Å².